The molecule has 2 aliphatic heterocycles. The Morgan fingerprint density at radius 2 is 1.73 bits per heavy atom. The molecule has 0 saturated heterocycles. The van der Waals surface area contributed by atoms with Crippen molar-refractivity contribution in [1.29, 1.82) is 0 Å². The van der Waals surface area contributed by atoms with E-state index in [-0.39, 0.29) is 34.1 Å². The zero-order valence-electron chi connectivity index (χ0n) is 22.5. The molecule has 0 radical (unpaired) electrons. The van der Waals surface area contributed by atoms with Crippen LogP contribution in [0.15, 0.2) is 95.8 Å². The molecule has 228 valence electrons. The highest BCUT2D eigenvalue weighted by molar-refractivity contribution is 7.97. The maximum Gasteiger partial charge on any atom is 0.264 e. The van der Waals surface area contributed by atoms with Crippen LogP contribution in [0.25, 0.3) is 0 Å². The van der Waals surface area contributed by atoms with Gasteiger partial charge in [-0.05, 0) is 65.7 Å². The highest BCUT2D eigenvalue weighted by atomic mass is 35.5. The summed E-state index contributed by atoms with van der Waals surface area (Å²) in [4.78, 5) is 27.1. The Bertz CT molecular complexity index is 1830. The smallest absolute Gasteiger partial charge is 0.264 e. The van der Waals surface area contributed by atoms with Gasteiger partial charge in [0.2, 0.25) is 5.91 Å². The summed E-state index contributed by atoms with van der Waals surface area (Å²) in [6, 6.07) is 15.0. The van der Waals surface area contributed by atoms with Gasteiger partial charge < -0.3 is 15.4 Å². The predicted molar refractivity (Wildman–Crippen MR) is 177 cm³/mol. The van der Waals surface area contributed by atoms with Gasteiger partial charge in [0.25, 0.3) is 15.9 Å². The number of rotatable bonds is 10. The highest BCUT2D eigenvalue weighted by Crippen LogP contribution is 2.34. The Hall–Kier alpha value is -3.32. The first-order valence-corrected chi connectivity index (χ1v) is 16.7. The SMILES string of the molecule is O=C(N[C@@H](Cc1ccc(Cl)c(Cl)c1)C(=O)NCc1cccc(Cl)c1)c1ccc(Cl)cc1NS(=O)(=O)C1=CC=CN2SNC=C12. The van der Waals surface area contributed by atoms with Crippen LogP contribution in [0.1, 0.15) is 21.5 Å². The van der Waals surface area contributed by atoms with Crippen molar-refractivity contribution in [3.63, 3.8) is 0 Å². The van der Waals surface area contributed by atoms with Crippen molar-refractivity contribution in [2.75, 3.05) is 4.72 Å². The maximum atomic E-state index is 13.7. The average molecular weight is 711 g/mol. The van der Waals surface area contributed by atoms with Crippen LogP contribution in [-0.2, 0) is 27.8 Å². The van der Waals surface area contributed by atoms with Gasteiger partial charge in [0.15, 0.2) is 0 Å². The molecule has 1 atom stereocenters. The minimum atomic E-state index is -4.17. The van der Waals surface area contributed by atoms with Crippen molar-refractivity contribution in [2.45, 2.75) is 19.0 Å². The Morgan fingerprint density at radius 3 is 2.50 bits per heavy atom. The molecule has 0 spiro atoms. The summed E-state index contributed by atoms with van der Waals surface area (Å²) in [7, 11) is -4.17. The second-order valence-electron chi connectivity index (χ2n) is 9.56. The van der Waals surface area contributed by atoms with E-state index in [2.05, 4.69) is 20.1 Å². The van der Waals surface area contributed by atoms with Crippen molar-refractivity contribution >= 4 is 86.1 Å². The number of amides is 2. The molecule has 3 aromatic carbocycles. The molecular formula is C29H23Cl4N5O4S2. The van der Waals surface area contributed by atoms with Gasteiger partial charge in [0, 0.05) is 35.4 Å². The Labute approximate surface area is 278 Å². The van der Waals surface area contributed by atoms with Gasteiger partial charge >= 0.3 is 0 Å². The molecule has 0 unspecified atom stereocenters. The van der Waals surface area contributed by atoms with Gasteiger partial charge in [-0.15, -0.1) is 0 Å². The monoisotopic (exact) mass is 709 g/mol. The van der Waals surface area contributed by atoms with E-state index in [1.165, 1.54) is 36.4 Å². The molecule has 15 heteroatoms. The quantitative estimate of drug-likeness (QED) is 0.179. The first-order chi connectivity index (χ1) is 21.0. The van der Waals surface area contributed by atoms with Crippen molar-refractivity contribution in [1.82, 2.24) is 19.7 Å². The number of allylic oxidation sites excluding steroid dienone is 2. The number of sulfonamides is 1. The maximum absolute atomic E-state index is 13.7. The van der Waals surface area contributed by atoms with Gasteiger partial charge in [-0.25, -0.2) is 8.42 Å². The predicted octanol–water partition coefficient (Wildman–Crippen LogP) is 6.42. The number of nitrogens with zero attached hydrogens (tertiary/aromatic N) is 1. The number of anilines is 1. The van der Waals surface area contributed by atoms with Crippen molar-refractivity contribution in [2.24, 2.45) is 0 Å². The van der Waals surface area contributed by atoms with Crippen LogP contribution < -0.4 is 20.1 Å². The molecule has 0 aromatic heterocycles. The van der Waals surface area contributed by atoms with Gasteiger partial charge in [-0.1, -0.05) is 64.6 Å². The van der Waals surface area contributed by atoms with E-state index in [1.807, 2.05) is 0 Å². The van der Waals surface area contributed by atoms with Gasteiger partial charge in [0.05, 0.1) is 39.1 Å². The Kier molecular flexibility index (Phi) is 10.0. The summed E-state index contributed by atoms with van der Waals surface area (Å²) in [6.45, 7) is 0.155. The van der Waals surface area contributed by atoms with E-state index in [0.29, 0.717) is 26.3 Å². The Morgan fingerprint density at radius 1 is 0.932 bits per heavy atom. The largest absolute Gasteiger partial charge is 0.350 e. The topological polar surface area (TPSA) is 120 Å². The average Bonchev–Trinajstić information content (AvgIpc) is 3.46. The van der Waals surface area contributed by atoms with Crippen LogP contribution >= 0.6 is 58.5 Å². The first kappa shape index (κ1) is 32.1. The third-order valence-electron chi connectivity index (χ3n) is 6.47. The lowest BCUT2D eigenvalue weighted by Gasteiger charge is -2.22. The molecule has 2 aliphatic rings. The van der Waals surface area contributed by atoms with Crippen LogP contribution in [0.3, 0.4) is 0 Å². The number of halogens is 4. The molecule has 2 heterocycles. The number of fused-ring (bicyclic) bond motifs is 1. The number of carbonyl (C=O) groups is 2. The molecule has 0 fully saturated rings. The zero-order chi connectivity index (χ0) is 31.4. The summed E-state index contributed by atoms with van der Waals surface area (Å²) in [6.07, 6.45) is 6.36. The lowest BCUT2D eigenvalue weighted by Crippen LogP contribution is -2.48. The molecular weight excluding hydrogens is 688 g/mol. The van der Waals surface area contributed by atoms with Crippen LogP contribution in [0, 0.1) is 0 Å². The van der Waals surface area contributed by atoms with Crippen LogP contribution in [-0.4, -0.2) is 30.6 Å². The van der Waals surface area contributed by atoms with E-state index in [9.17, 15) is 18.0 Å². The number of nitrogens with one attached hydrogen (secondary N) is 4. The molecule has 0 saturated carbocycles. The van der Waals surface area contributed by atoms with Crippen molar-refractivity contribution in [3.8, 4) is 0 Å². The molecule has 0 aliphatic carbocycles. The van der Waals surface area contributed by atoms with E-state index < -0.39 is 27.9 Å². The fraction of sp³-hybridized carbons (Fsp3) is 0.103. The summed E-state index contributed by atoms with van der Waals surface area (Å²) in [5, 5.41) is 6.90. The number of hydrogen-bond donors (Lipinski definition) is 4. The summed E-state index contributed by atoms with van der Waals surface area (Å²) >= 11 is 25.7. The zero-order valence-corrected chi connectivity index (χ0v) is 27.1. The number of benzene rings is 3. The van der Waals surface area contributed by atoms with Gasteiger partial charge in [0.1, 0.15) is 10.9 Å². The molecule has 3 aromatic rings. The lowest BCUT2D eigenvalue weighted by atomic mass is 10.0. The summed E-state index contributed by atoms with van der Waals surface area (Å²) in [5.41, 5.74) is 1.70. The number of carbonyl (C=O) groups excluding carboxylic acids is 2. The first-order valence-electron chi connectivity index (χ1n) is 12.9. The molecule has 4 N–H and O–H groups in total. The van der Waals surface area contributed by atoms with Crippen molar-refractivity contribution in [3.05, 3.63) is 133 Å². The van der Waals surface area contributed by atoms with E-state index in [1.54, 1.807) is 65.2 Å². The standard InChI is InChI=1S/C29H23Cl4N5O4S2/c30-19-4-1-3-18(11-19)15-34-29(40)25(13-17-6-9-22(32)23(33)12-17)36-28(39)21-8-7-20(31)14-24(21)37-44(41,42)27-5-2-10-38-26(27)16-35-43-38/h1-12,14,16,25,35,37H,13,15H2,(H,34,40)(H,36,39)/t25-/m0/s1. The molecule has 5 rings (SSSR count). The second-order valence-corrected chi connectivity index (χ2v) is 13.7. The normalized spacial score (nSPS) is 14.6. The second kappa shape index (κ2) is 13.8. The lowest BCUT2D eigenvalue weighted by molar-refractivity contribution is -0.123. The van der Waals surface area contributed by atoms with Crippen LogP contribution in [0.4, 0.5) is 5.69 Å². The minimum absolute atomic E-state index is 0.0123. The minimum Gasteiger partial charge on any atom is -0.350 e. The van der Waals surface area contributed by atoms with E-state index in [4.69, 9.17) is 46.4 Å². The summed E-state index contributed by atoms with van der Waals surface area (Å²) in [5.74, 6) is -1.20. The molecule has 44 heavy (non-hydrogen) atoms. The van der Waals surface area contributed by atoms with E-state index in [0.717, 1.165) is 5.56 Å². The number of hydrogen-bond acceptors (Lipinski definition) is 7. The third-order valence-corrected chi connectivity index (χ3v) is 9.83. The van der Waals surface area contributed by atoms with Crippen LogP contribution in [0.2, 0.25) is 20.1 Å². The molecule has 2 amide bonds. The Balaban J connectivity index is 1.40. The van der Waals surface area contributed by atoms with Crippen LogP contribution in [0.5, 0.6) is 0 Å². The molecule has 0 bridgehead atoms. The highest BCUT2D eigenvalue weighted by Gasteiger charge is 2.31. The third kappa shape index (κ3) is 7.66. The molecule has 9 nitrogen and oxygen atoms in total. The summed E-state index contributed by atoms with van der Waals surface area (Å²) < 4.78 is 34.0. The fourth-order valence-electron chi connectivity index (χ4n) is 4.37. The van der Waals surface area contributed by atoms with E-state index >= 15 is 0 Å². The van der Waals surface area contributed by atoms with Gasteiger partial charge in [-0.3, -0.25) is 18.6 Å². The van der Waals surface area contributed by atoms with Gasteiger partial charge in [-0.2, -0.15) is 0 Å². The fourth-order valence-corrected chi connectivity index (χ4v) is 7.05. The van der Waals surface area contributed by atoms with Crippen molar-refractivity contribution < 1.29 is 18.0 Å².